The van der Waals surface area contributed by atoms with Crippen molar-refractivity contribution >= 4 is 17.5 Å². The Morgan fingerprint density at radius 2 is 1.70 bits per heavy atom. The topological polar surface area (TPSA) is 47.8 Å². The summed E-state index contributed by atoms with van der Waals surface area (Å²) >= 11 is 1.42. The fourth-order valence-corrected chi connectivity index (χ4v) is 3.77. The summed E-state index contributed by atoms with van der Waals surface area (Å²) in [4.78, 5) is 12.6. The summed E-state index contributed by atoms with van der Waals surface area (Å²) in [6, 6.07) is 16.2. The largest absolute Gasteiger partial charge is 0.293 e. The summed E-state index contributed by atoms with van der Waals surface area (Å²) in [6.45, 7) is 8.36. The van der Waals surface area contributed by atoms with Crippen LogP contribution in [0.1, 0.15) is 53.5 Å². The van der Waals surface area contributed by atoms with Crippen LogP contribution in [0.15, 0.2) is 53.7 Å². The van der Waals surface area contributed by atoms with Gasteiger partial charge in [-0.25, -0.2) is 0 Å². The van der Waals surface area contributed by atoms with Crippen LogP contribution in [0.4, 0.5) is 0 Å². The number of aryl methyl sites for hydroxylation is 2. The maximum Gasteiger partial charge on any atom is 0.196 e. The SMILES string of the molecule is CC[C@@H](C)c1ccc(C(=O)CSc2nnc(C)n2-c2ccc(C)cc2)cc1. The first-order chi connectivity index (χ1) is 13.0. The molecule has 0 spiro atoms. The van der Waals surface area contributed by atoms with Gasteiger partial charge in [-0.2, -0.15) is 0 Å². The van der Waals surface area contributed by atoms with E-state index in [1.165, 1.54) is 22.9 Å². The van der Waals surface area contributed by atoms with E-state index in [-0.39, 0.29) is 5.78 Å². The van der Waals surface area contributed by atoms with Gasteiger partial charge in [0, 0.05) is 11.3 Å². The predicted molar refractivity (Wildman–Crippen MR) is 111 cm³/mol. The molecule has 0 radical (unpaired) electrons. The second-order valence-electron chi connectivity index (χ2n) is 6.84. The molecule has 3 rings (SSSR count). The molecule has 5 heteroatoms. The van der Waals surface area contributed by atoms with Crippen LogP contribution >= 0.6 is 11.8 Å². The Morgan fingerprint density at radius 3 is 2.33 bits per heavy atom. The van der Waals surface area contributed by atoms with Gasteiger partial charge in [0.25, 0.3) is 0 Å². The lowest BCUT2D eigenvalue weighted by atomic mass is 9.97. The van der Waals surface area contributed by atoms with Crippen molar-refractivity contribution in [2.24, 2.45) is 0 Å². The Balaban J connectivity index is 1.72. The number of thioether (sulfide) groups is 1. The third kappa shape index (κ3) is 4.48. The second kappa shape index (κ2) is 8.53. The average Bonchev–Trinajstić information content (AvgIpc) is 3.06. The van der Waals surface area contributed by atoms with E-state index < -0.39 is 0 Å². The molecule has 140 valence electrons. The third-order valence-corrected chi connectivity index (χ3v) is 5.76. The van der Waals surface area contributed by atoms with E-state index in [1.807, 2.05) is 35.8 Å². The Morgan fingerprint density at radius 1 is 1.04 bits per heavy atom. The van der Waals surface area contributed by atoms with Crippen molar-refractivity contribution < 1.29 is 4.79 Å². The molecule has 0 aliphatic carbocycles. The van der Waals surface area contributed by atoms with Crippen LogP contribution in [0.2, 0.25) is 0 Å². The van der Waals surface area contributed by atoms with E-state index in [9.17, 15) is 4.79 Å². The predicted octanol–water partition coefficient (Wildman–Crippen LogP) is 5.37. The van der Waals surface area contributed by atoms with Gasteiger partial charge < -0.3 is 0 Å². The van der Waals surface area contributed by atoms with Crippen molar-refractivity contribution in [3.63, 3.8) is 0 Å². The third-order valence-electron chi connectivity index (χ3n) is 4.83. The van der Waals surface area contributed by atoms with E-state index in [4.69, 9.17) is 0 Å². The quantitative estimate of drug-likeness (QED) is 0.409. The second-order valence-corrected chi connectivity index (χ2v) is 7.79. The highest BCUT2D eigenvalue weighted by atomic mass is 32.2. The molecular weight excluding hydrogens is 354 g/mol. The number of Topliss-reactive ketones (excluding diaryl/α,β-unsaturated/α-hetero) is 1. The summed E-state index contributed by atoms with van der Waals surface area (Å²) in [5.74, 6) is 1.77. The van der Waals surface area contributed by atoms with Crippen molar-refractivity contribution in [1.29, 1.82) is 0 Å². The lowest BCUT2D eigenvalue weighted by Gasteiger charge is -2.10. The number of carbonyl (C=O) groups excluding carboxylic acids is 1. The first kappa shape index (κ1) is 19.4. The maximum atomic E-state index is 12.6. The van der Waals surface area contributed by atoms with Crippen molar-refractivity contribution in [2.75, 3.05) is 5.75 Å². The summed E-state index contributed by atoms with van der Waals surface area (Å²) in [5.41, 5.74) is 4.23. The standard InChI is InChI=1S/C22H25N3OS/c1-5-16(3)18-8-10-19(11-9-18)21(26)14-27-22-24-23-17(4)25(22)20-12-6-15(2)7-13-20/h6-13,16H,5,14H2,1-4H3/t16-/m1/s1. The van der Waals surface area contributed by atoms with Gasteiger partial charge in [-0.3, -0.25) is 9.36 Å². The number of nitrogens with zero attached hydrogens (tertiary/aromatic N) is 3. The lowest BCUT2D eigenvalue weighted by molar-refractivity contribution is 0.102. The molecule has 0 fully saturated rings. The molecular formula is C22H25N3OS. The molecule has 0 saturated carbocycles. The highest BCUT2D eigenvalue weighted by Crippen LogP contribution is 2.24. The normalized spacial score (nSPS) is 12.1. The number of hydrogen-bond acceptors (Lipinski definition) is 4. The van der Waals surface area contributed by atoms with Crippen LogP contribution in [0, 0.1) is 13.8 Å². The molecule has 0 amide bonds. The smallest absolute Gasteiger partial charge is 0.196 e. The zero-order valence-corrected chi connectivity index (χ0v) is 17.1. The maximum absolute atomic E-state index is 12.6. The minimum atomic E-state index is 0.104. The number of carbonyl (C=O) groups is 1. The molecule has 27 heavy (non-hydrogen) atoms. The average molecular weight is 380 g/mol. The summed E-state index contributed by atoms with van der Waals surface area (Å²) < 4.78 is 1.99. The van der Waals surface area contributed by atoms with Crippen LogP contribution in [0.3, 0.4) is 0 Å². The van der Waals surface area contributed by atoms with Gasteiger partial charge >= 0.3 is 0 Å². The summed E-state index contributed by atoms with van der Waals surface area (Å²) in [7, 11) is 0. The minimum absolute atomic E-state index is 0.104. The van der Waals surface area contributed by atoms with Crippen LogP contribution in [-0.4, -0.2) is 26.3 Å². The van der Waals surface area contributed by atoms with Crippen LogP contribution in [0.25, 0.3) is 5.69 Å². The van der Waals surface area contributed by atoms with Crippen LogP contribution < -0.4 is 0 Å². The van der Waals surface area contributed by atoms with E-state index in [0.29, 0.717) is 11.7 Å². The summed E-state index contributed by atoms with van der Waals surface area (Å²) in [5, 5.41) is 9.18. The zero-order valence-electron chi connectivity index (χ0n) is 16.3. The number of benzene rings is 2. The van der Waals surface area contributed by atoms with E-state index >= 15 is 0 Å². The number of aromatic nitrogens is 3. The fraction of sp³-hybridized carbons (Fsp3) is 0.318. The van der Waals surface area contributed by atoms with Crippen molar-refractivity contribution in [3.05, 3.63) is 71.0 Å². The molecule has 0 bridgehead atoms. The molecule has 0 unspecified atom stereocenters. The molecule has 4 nitrogen and oxygen atoms in total. The molecule has 1 heterocycles. The zero-order chi connectivity index (χ0) is 19.4. The highest BCUT2D eigenvalue weighted by Gasteiger charge is 2.14. The highest BCUT2D eigenvalue weighted by molar-refractivity contribution is 7.99. The van der Waals surface area contributed by atoms with Gasteiger partial charge in [-0.15, -0.1) is 10.2 Å². The summed E-state index contributed by atoms with van der Waals surface area (Å²) in [6.07, 6.45) is 1.09. The van der Waals surface area contributed by atoms with Gasteiger partial charge in [0.15, 0.2) is 10.9 Å². The number of rotatable bonds is 7. The van der Waals surface area contributed by atoms with Gasteiger partial charge in [-0.1, -0.05) is 67.6 Å². The van der Waals surface area contributed by atoms with E-state index in [2.05, 4.69) is 55.2 Å². The van der Waals surface area contributed by atoms with Crippen LogP contribution in [0.5, 0.6) is 0 Å². The monoisotopic (exact) mass is 379 g/mol. The van der Waals surface area contributed by atoms with Crippen LogP contribution in [-0.2, 0) is 0 Å². The Bertz CT molecular complexity index is 914. The van der Waals surface area contributed by atoms with E-state index in [1.54, 1.807) is 0 Å². The lowest BCUT2D eigenvalue weighted by Crippen LogP contribution is -2.05. The number of ketones is 1. The fourth-order valence-electron chi connectivity index (χ4n) is 2.87. The molecule has 0 N–H and O–H groups in total. The Kier molecular flexibility index (Phi) is 6.11. The van der Waals surface area contributed by atoms with Crippen molar-refractivity contribution in [2.45, 2.75) is 45.2 Å². The van der Waals surface area contributed by atoms with Crippen molar-refractivity contribution in [1.82, 2.24) is 14.8 Å². The van der Waals surface area contributed by atoms with Gasteiger partial charge in [0.1, 0.15) is 5.82 Å². The molecule has 0 aliphatic heterocycles. The van der Waals surface area contributed by atoms with E-state index in [0.717, 1.165) is 28.7 Å². The molecule has 2 aromatic carbocycles. The molecule has 0 aliphatic rings. The number of hydrogen-bond donors (Lipinski definition) is 0. The Labute approximate surface area is 165 Å². The first-order valence-electron chi connectivity index (χ1n) is 9.24. The molecule has 0 saturated heterocycles. The first-order valence-corrected chi connectivity index (χ1v) is 10.2. The molecule has 1 aromatic heterocycles. The Hall–Kier alpha value is -2.40. The molecule has 3 aromatic rings. The van der Waals surface area contributed by atoms with Gasteiger partial charge in [0.2, 0.25) is 0 Å². The van der Waals surface area contributed by atoms with Gasteiger partial charge in [0.05, 0.1) is 5.75 Å². The van der Waals surface area contributed by atoms with Gasteiger partial charge in [-0.05, 0) is 43.9 Å². The molecule has 1 atom stereocenters. The van der Waals surface area contributed by atoms with Crippen molar-refractivity contribution in [3.8, 4) is 5.69 Å². The minimum Gasteiger partial charge on any atom is -0.293 e.